The number of fused-ring (bicyclic) bond motifs is 18. The minimum atomic E-state index is -0.483. The van der Waals surface area contributed by atoms with Gasteiger partial charge in [-0.1, -0.05) is 164 Å². The van der Waals surface area contributed by atoms with Crippen LogP contribution in [0, 0.1) is 0 Å². The molecule has 2 aliphatic rings. The van der Waals surface area contributed by atoms with Gasteiger partial charge in [-0.25, -0.2) is 0 Å². The lowest BCUT2D eigenvalue weighted by Gasteiger charge is -2.32. The van der Waals surface area contributed by atoms with E-state index in [0.29, 0.717) is 0 Å². The molecule has 0 unspecified atom stereocenters. The maximum absolute atomic E-state index is 6.86. The molecule has 2 heterocycles. The van der Waals surface area contributed by atoms with Crippen LogP contribution in [0.3, 0.4) is 0 Å². The second-order valence-corrected chi connectivity index (χ2v) is 16.7. The highest BCUT2D eigenvalue weighted by molar-refractivity contribution is 6.16. The van der Waals surface area contributed by atoms with Crippen LogP contribution in [0.2, 0.25) is 0 Å². The van der Waals surface area contributed by atoms with Crippen LogP contribution in [0.5, 0.6) is 0 Å². The molecule has 0 aliphatic heterocycles. The average molecular weight is 790 g/mol. The monoisotopic (exact) mass is 789 g/mol. The summed E-state index contributed by atoms with van der Waals surface area (Å²) < 4.78 is 13.5. The van der Waals surface area contributed by atoms with Crippen LogP contribution < -0.4 is 4.90 Å². The van der Waals surface area contributed by atoms with Gasteiger partial charge in [-0.05, 0) is 104 Å². The van der Waals surface area contributed by atoms with Crippen LogP contribution in [0.1, 0.15) is 22.3 Å². The molecule has 0 atom stereocenters. The largest absolute Gasteiger partial charge is 0.455 e. The first-order chi connectivity index (χ1) is 30.8. The summed E-state index contributed by atoms with van der Waals surface area (Å²) in [6, 6.07) is 77.3. The van der Waals surface area contributed by atoms with Gasteiger partial charge >= 0.3 is 0 Å². The second-order valence-electron chi connectivity index (χ2n) is 16.7. The van der Waals surface area contributed by atoms with Crippen molar-refractivity contribution in [1.82, 2.24) is 0 Å². The van der Waals surface area contributed by atoms with E-state index >= 15 is 0 Å². The first-order valence-electron chi connectivity index (χ1n) is 21.3. The Balaban J connectivity index is 1.05. The van der Waals surface area contributed by atoms with Crippen molar-refractivity contribution >= 4 is 71.7 Å². The summed E-state index contributed by atoms with van der Waals surface area (Å²) in [5.41, 5.74) is 18.7. The van der Waals surface area contributed by atoms with Gasteiger partial charge in [-0.15, -0.1) is 0 Å². The van der Waals surface area contributed by atoms with E-state index in [9.17, 15) is 0 Å². The SMILES string of the molecule is c1ccc(N(c2ccc3c(c2)C2(c4ccccc4-c4ccccc42)c2ccccc2-3)c2cccc3c2oc2ccccc23)c(-c2ccc3oc4c5ccccc5ccc4c3c2)c1. The van der Waals surface area contributed by atoms with Gasteiger partial charge in [-0.3, -0.25) is 0 Å². The fourth-order valence-electron chi connectivity index (χ4n) is 11.1. The van der Waals surface area contributed by atoms with Crippen molar-refractivity contribution in [2.45, 2.75) is 5.41 Å². The lowest BCUT2D eigenvalue weighted by molar-refractivity contribution is 0.669. The third kappa shape index (κ3) is 4.39. The first-order valence-corrected chi connectivity index (χ1v) is 21.3. The van der Waals surface area contributed by atoms with Crippen LogP contribution in [-0.2, 0) is 5.41 Å². The quantitative estimate of drug-likeness (QED) is 0.178. The van der Waals surface area contributed by atoms with Gasteiger partial charge in [0.25, 0.3) is 0 Å². The molecule has 14 rings (SSSR count). The Bertz CT molecular complexity index is 3780. The Labute approximate surface area is 357 Å². The standard InChI is InChI=1S/C59H35NO2/c1-2-16-40-36(14-1)28-31-47-48-34-37(29-33-56(48)61-57(40)47)39-15-6-11-25-53(39)60(54-26-13-21-46-45-20-7-12-27-55(45)62-58(46)54)38-30-32-44-43-19-5-10-24-51(43)59(52(44)35-38)49-22-8-3-17-41(49)42-18-4-9-23-50(42)59/h1-35H. The molecule has 2 aromatic heterocycles. The molecule has 62 heavy (non-hydrogen) atoms. The van der Waals surface area contributed by atoms with Crippen molar-refractivity contribution in [1.29, 1.82) is 0 Å². The van der Waals surface area contributed by atoms with E-state index in [1.54, 1.807) is 0 Å². The summed E-state index contributed by atoms with van der Waals surface area (Å²) >= 11 is 0. The second kappa shape index (κ2) is 12.4. The number of hydrogen-bond acceptors (Lipinski definition) is 3. The summed E-state index contributed by atoms with van der Waals surface area (Å²) in [4.78, 5) is 2.43. The van der Waals surface area contributed by atoms with Gasteiger partial charge < -0.3 is 13.7 Å². The number of rotatable bonds is 4. The Morgan fingerprint density at radius 1 is 0.323 bits per heavy atom. The van der Waals surface area contributed by atoms with Crippen molar-refractivity contribution in [3.8, 4) is 33.4 Å². The summed E-state index contributed by atoms with van der Waals surface area (Å²) in [6.45, 7) is 0. The summed E-state index contributed by atoms with van der Waals surface area (Å²) in [6.07, 6.45) is 0. The van der Waals surface area contributed by atoms with Crippen molar-refractivity contribution in [3.05, 3.63) is 235 Å². The van der Waals surface area contributed by atoms with Crippen LogP contribution in [0.15, 0.2) is 221 Å². The predicted octanol–water partition coefficient (Wildman–Crippen LogP) is 16.1. The average Bonchev–Trinajstić information content (AvgIpc) is 4.07. The maximum Gasteiger partial charge on any atom is 0.159 e. The molecule has 3 heteroatoms. The molecule has 10 aromatic carbocycles. The third-order valence-electron chi connectivity index (χ3n) is 13.7. The lowest BCUT2D eigenvalue weighted by atomic mass is 9.70. The molecule has 0 saturated carbocycles. The van der Waals surface area contributed by atoms with Gasteiger partial charge in [0.2, 0.25) is 0 Å². The molecular formula is C59H35NO2. The van der Waals surface area contributed by atoms with E-state index in [1.165, 1.54) is 49.9 Å². The highest BCUT2D eigenvalue weighted by atomic mass is 16.3. The van der Waals surface area contributed by atoms with E-state index < -0.39 is 5.41 Å². The number of hydrogen-bond donors (Lipinski definition) is 0. The molecule has 0 fully saturated rings. The predicted molar refractivity (Wildman–Crippen MR) is 255 cm³/mol. The van der Waals surface area contributed by atoms with E-state index in [2.05, 4.69) is 211 Å². The highest BCUT2D eigenvalue weighted by Crippen LogP contribution is 2.63. The van der Waals surface area contributed by atoms with Crippen molar-refractivity contribution in [2.75, 3.05) is 4.90 Å². The molecule has 0 saturated heterocycles. The van der Waals surface area contributed by atoms with E-state index in [-0.39, 0.29) is 0 Å². The van der Waals surface area contributed by atoms with Crippen molar-refractivity contribution < 1.29 is 8.83 Å². The molecule has 12 aromatic rings. The van der Waals surface area contributed by atoms with Crippen LogP contribution >= 0.6 is 0 Å². The fraction of sp³-hybridized carbons (Fsp3) is 0.0169. The molecule has 2 aliphatic carbocycles. The molecule has 0 amide bonds. The Morgan fingerprint density at radius 3 is 1.66 bits per heavy atom. The van der Waals surface area contributed by atoms with Gasteiger partial charge in [0.1, 0.15) is 16.7 Å². The van der Waals surface area contributed by atoms with E-state index in [0.717, 1.165) is 77.5 Å². The maximum atomic E-state index is 6.86. The Hall–Kier alpha value is -8.14. The highest BCUT2D eigenvalue weighted by Gasteiger charge is 2.51. The Morgan fingerprint density at radius 2 is 0.887 bits per heavy atom. The summed E-state index contributed by atoms with van der Waals surface area (Å²) in [5, 5.41) is 6.69. The van der Waals surface area contributed by atoms with Crippen LogP contribution in [0.25, 0.3) is 88.0 Å². The fourth-order valence-corrected chi connectivity index (χ4v) is 11.1. The van der Waals surface area contributed by atoms with Crippen LogP contribution in [-0.4, -0.2) is 0 Å². The lowest BCUT2D eigenvalue weighted by Crippen LogP contribution is -2.26. The van der Waals surface area contributed by atoms with Gasteiger partial charge in [-0.2, -0.15) is 0 Å². The minimum absolute atomic E-state index is 0.483. The zero-order valence-corrected chi connectivity index (χ0v) is 33.5. The first kappa shape index (κ1) is 33.7. The minimum Gasteiger partial charge on any atom is -0.455 e. The smallest absolute Gasteiger partial charge is 0.159 e. The summed E-state index contributed by atoms with van der Waals surface area (Å²) in [5.74, 6) is 0. The number of benzene rings is 10. The molecule has 3 nitrogen and oxygen atoms in total. The Kier molecular flexibility index (Phi) is 6.76. The van der Waals surface area contributed by atoms with E-state index in [4.69, 9.17) is 8.83 Å². The van der Waals surface area contributed by atoms with E-state index in [1.807, 2.05) is 6.07 Å². The normalized spacial score (nSPS) is 13.3. The molecule has 0 radical (unpaired) electrons. The van der Waals surface area contributed by atoms with Gasteiger partial charge in [0.15, 0.2) is 5.58 Å². The number of para-hydroxylation sites is 3. The molecule has 0 bridgehead atoms. The molecule has 1 spiro atoms. The van der Waals surface area contributed by atoms with Crippen molar-refractivity contribution in [3.63, 3.8) is 0 Å². The topological polar surface area (TPSA) is 29.5 Å². The number of furan rings is 2. The van der Waals surface area contributed by atoms with Crippen LogP contribution in [0.4, 0.5) is 17.1 Å². The molecular weight excluding hydrogens is 755 g/mol. The van der Waals surface area contributed by atoms with Gasteiger partial charge in [0, 0.05) is 38.2 Å². The molecule has 288 valence electrons. The molecule has 0 N–H and O–H groups in total. The zero-order valence-electron chi connectivity index (χ0n) is 33.5. The number of anilines is 3. The van der Waals surface area contributed by atoms with Gasteiger partial charge in [0.05, 0.1) is 16.8 Å². The number of nitrogens with zero attached hydrogens (tertiary/aromatic N) is 1. The zero-order chi connectivity index (χ0) is 40.5. The van der Waals surface area contributed by atoms with Crippen molar-refractivity contribution in [2.24, 2.45) is 0 Å². The summed E-state index contributed by atoms with van der Waals surface area (Å²) in [7, 11) is 0. The third-order valence-corrected chi connectivity index (χ3v) is 13.7.